The van der Waals surface area contributed by atoms with E-state index < -0.39 is 0 Å². The lowest BCUT2D eigenvalue weighted by Gasteiger charge is -2.46. The van der Waals surface area contributed by atoms with Gasteiger partial charge in [0.05, 0.1) is 5.69 Å². The van der Waals surface area contributed by atoms with Gasteiger partial charge in [-0.05, 0) is 55.4 Å². The van der Waals surface area contributed by atoms with Crippen LogP contribution in [0.4, 0.5) is 0 Å². The van der Waals surface area contributed by atoms with E-state index in [1.54, 1.807) is 0 Å². The predicted octanol–water partition coefficient (Wildman–Crippen LogP) is 5.67. The molecular formula is C26H28N2O. The number of fused-ring (bicyclic) bond motifs is 3. The molecule has 1 saturated carbocycles. The van der Waals surface area contributed by atoms with E-state index in [0.29, 0.717) is 18.1 Å². The minimum Gasteiger partial charge on any atom is -0.301 e. The van der Waals surface area contributed by atoms with E-state index in [2.05, 4.69) is 73.9 Å². The van der Waals surface area contributed by atoms with Crippen molar-refractivity contribution in [3.05, 3.63) is 71.8 Å². The fourth-order valence-electron chi connectivity index (χ4n) is 5.77. The summed E-state index contributed by atoms with van der Waals surface area (Å²) in [5.74, 6) is 2.05. The summed E-state index contributed by atoms with van der Waals surface area (Å²) in [6, 6.07) is 19.3. The van der Waals surface area contributed by atoms with E-state index in [-0.39, 0.29) is 11.3 Å². The first-order valence-corrected chi connectivity index (χ1v) is 10.8. The molecule has 148 valence electrons. The first kappa shape index (κ1) is 18.4. The van der Waals surface area contributed by atoms with Crippen LogP contribution in [0.3, 0.4) is 0 Å². The SMILES string of the molecule is Cc1nc2c(n1-c1ccc(-c3ccccc3)cc1)CC[C@H]1[C@H](C)C(=O)CC[C@]21C. The molecule has 2 aliphatic rings. The molecular weight excluding hydrogens is 356 g/mol. The van der Waals surface area contributed by atoms with Crippen LogP contribution < -0.4 is 0 Å². The Labute approximate surface area is 172 Å². The number of aromatic nitrogens is 2. The van der Waals surface area contributed by atoms with Gasteiger partial charge >= 0.3 is 0 Å². The molecule has 1 aromatic heterocycles. The molecule has 0 saturated heterocycles. The summed E-state index contributed by atoms with van der Waals surface area (Å²) in [7, 11) is 0. The number of hydrogen-bond donors (Lipinski definition) is 0. The number of rotatable bonds is 2. The van der Waals surface area contributed by atoms with E-state index in [0.717, 1.165) is 25.1 Å². The van der Waals surface area contributed by atoms with E-state index in [1.165, 1.54) is 28.2 Å². The normalized spacial score (nSPS) is 26.1. The second-order valence-electron chi connectivity index (χ2n) is 9.02. The van der Waals surface area contributed by atoms with E-state index in [9.17, 15) is 4.79 Å². The number of aryl methyl sites for hydroxylation is 1. The van der Waals surface area contributed by atoms with Gasteiger partial charge in [0, 0.05) is 29.1 Å². The van der Waals surface area contributed by atoms with Crippen LogP contribution in [0.1, 0.15) is 50.3 Å². The predicted molar refractivity (Wildman–Crippen MR) is 116 cm³/mol. The Morgan fingerprint density at radius 3 is 2.41 bits per heavy atom. The number of benzene rings is 2. The minimum atomic E-state index is 0.0148. The molecule has 3 heteroatoms. The number of ketones is 1. The second-order valence-corrected chi connectivity index (χ2v) is 9.02. The van der Waals surface area contributed by atoms with Gasteiger partial charge in [0.2, 0.25) is 0 Å². The molecule has 3 atom stereocenters. The average Bonchev–Trinajstić information content (AvgIpc) is 3.09. The van der Waals surface area contributed by atoms with E-state index in [4.69, 9.17) is 4.98 Å². The van der Waals surface area contributed by atoms with Crippen molar-refractivity contribution in [2.45, 2.75) is 51.9 Å². The third-order valence-electron chi connectivity index (χ3n) is 7.43. The summed E-state index contributed by atoms with van der Waals surface area (Å²) in [5.41, 5.74) is 6.24. The molecule has 0 aliphatic heterocycles. The van der Waals surface area contributed by atoms with Crippen LogP contribution in [0.2, 0.25) is 0 Å². The molecule has 0 bridgehead atoms. The zero-order chi connectivity index (χ0) is 20.2. The molecule has 0 radical (unpaired) electrons. The minimum absolute atomic E-state index is 0.0148. The molecule has 0 amide bonds. The maximum atomic E-state index is 12.3. The Morgan fingerprint density at radius 2 is 1.69 bits per heavy atom. The van der Waals surface area contributed by atoms with Crippen molar-refractivity contribution in [2.75, 3.05) is 0 Å². The summed E-state index contributed by atoms with van der Waals surface area (Å²) in [4.78, 5) is 17.4. The molecule has 29 heavy (non-hydrogen) atoms. The van der Waals surface area contributed by atoms with Gasteiger partial charge in [-0.3, -0.25) is 4.79 Å². The zero-order valence-corrected chi connectivity index (χ0v) is 17.5. The van der Waals surface area contributed by atoms with Gasteiger partial charge in [-0.1, -0.05) is 56.3 Å². The van der Waals surface area contributed by atoms with Crippen LogP contribution in [0.15, 0.2) is 54.6 Å². The smallest absolute Gasteiger partial charge is 0.136 e. The second kappa shape index (κ2) is 6.69. The standard InChI is InChI=1S/C26H28N2O/c1-17-22-13-14-23-25(26(22,3)16-15-24(17)29)27-18(2)28(23)21-11-9-20(10-12-21)19-7-5-4-6-8-19/h4-12,17,22H,13-16H2,1-3H3/t17-,22-,26-/m0/s1. The van der Waals surface area contributed by atoms with Crippen molar-refractivity contribution in [3.63, 3.8) is 0 Å². The molecule has 1 heterocycles. The molecule has 0 unspecified atom stereocenters. The van der Waals surface area contributed by atoms with Crippen molar-refractivity contribution in [1.82, 2.24) is 9.55 Å². The van der Waals surface area contributed by atoms with Gasteiger partial charge in [0.25, 0.3) is 0 Å². The zero-order valence-electron chi connectivity index (χ0n) is 17.5. The fourth-order valence-corrected chi connectivity index (χ4v) is 5.77. The lowest BCUT2D eigenvalue weighted by Crippen LogP contribution is -2.47. The van der Waals surface area contributed by atoms with Gasteiger partial charge in [0.1, 0.15) is 11.6 Å². The Bertz CT molecular complexity index is 1060. The largest absolute Gasteiger partial charge is 0.301 e. The van der Waals surface area contributed by atoms with Crippen LogP contribution in [0.25, 0.3) is 16.8 Å². The first-order valence-electron chi connectivity index (χ1n) is 10.8. The van der Waals surface area contributed by atoms with Crippen LogP contribution >= 0.6 is 0 Å². The van der Waals surface area contributed by atoms with Crippen molar-refractivity contribution >= 4 is 5.78 Å². The highest BCUT2D eigenvalue weighted by atomic mass is 16.1. The molecule has 1 fully saturated rings. The third kappa shape index (κ3) is 2.78. The lowest BCUT2D eigenvalue weighted by molar-refractivity contribution is -0.128. The van der Waals surface area contributed by atoms with Crippen molar-refractivity contribution < 1.29 is 4.79 Å². The van der Waals surface area contributed by atoms with Gasteiger partial charge in [-0.25, -0.2) is 4.98 Å². The Kier molecular flexibility index (Phi) is 4.23. The highest BCUT2D eigenvalue weighted by Gasteiger charge is 2.50. The van der Waals surface area contributed by atoms with Gasteiger partial charge in [-0.15, -0.1) is 0 Å². The Hall–Kier alpha value is -2.68. The summed E-state index contributed by atoms with van der Waals surface area (Å²) in [6.45, 7) is 6.58. The Balaban J connectivity index is 1.55. The van der Waals surface area contributed by atoms with Gasteiger partial charge < -0.3 is 4.57 Å². The first-order chi connectivity index (χ1) is 14.0. The van der Waals surface area contributed by atoms with Crippen molar-refractivity contribution in [3.8, 4) is 16.8 Å². The van der Waals surface area contributed by atoms with Gasteiger partial charge in [0.15, 0.2) is 0 Å². The molecule has 3 aromatic rings. The summed E-state index contributed by atoms with van der Waals surface area (Å²) in [5, 5.41) is 0. The van der Waals surface area contributed by atoms with Crippen molar-refractivity contribution in [1.29, 1.82) is 0 Å². The summed E-state index contributed by atoms with van der Waals surface area (Å²) >= 11 is 0. The number of carbonyl (C=O) groups is 1. The van der Waals surface area contributed by atoms with Crippen LogP contribution in [-0.4, -0.2) is 15.3 Å². The summed E-state index contributed by atoms with van der Waals surface area (Å²) < 4.78 is 2.34. The highest BCUT2D eigenvalue weighted by Crippen LogP contribution is 2.51. The molecule has 0 N–H and O–H groups in total. The molecule has 3 nitrogen and oxygen atoms in total. The Morgan fingerprint density at radius 1 is 1.00 bits per heavy atom. The molecule has 5 rings (SSSR count). The topological polar surface area (TPSA) is 34.9 Å². The third-order valence-corrected chi connectivity index (χ3v) is 7.43. The average molecular weight is 385 g/mol. The number of imidazole rings is 1. The number of Topliss-reactive ketones (excluding diaryl/α,β-unsaturated/α-hetero) is 1. The number of nitrogens with zero attached hydrogens (tertiary/aromatic N) is 2. The van der Waals surface area contributed by atoms with Crippen LogP contribution in [-0.2, 0) is 16.6 Å². The quantitative estimate of drug-likeness (QED) is 0.571. The maximum Gasteiger partial charge on any atom is 0.136 e. The number of hydrogen-bond acceptors (Lipinski definition) is 2. The van der Waals surface area contributed by atoms with Crippen LogP contribution in [0, 0.1) is 18.8 Å². The highest BCUT2D eigenvalue weighted by molar-refractivity contribution is 5.82. The maximum absolute atomic E-state index is 12.3. The van der Waals surface area contributed by atoms with Crippen LogP contribution in [0.5, 0.6) is 0 Å². The van der Waals surface area contributed by atoms with Crippen molar-refractivity contribution in [2.24, 2.45) is 11.8 Å². The lowest BCUT2D eigenvalue weighted by atomic mass is 9.57. The fraction of sp³-hybridized carbons (Fsp3) is 0.385. The molecule has 2 aliphatic carbocycles. The number of carbonyl (C=O) groups excluding carboxylic acids is 1. The van der Waals surface area contributed by atoms with E-state index in [1.807, 2.05) is 6.07 Å². The molecule has 0 spiro atoms. The monoisotopic (exact) mass is 384 g/mol. The molecule has 2 aromatic carbocycles. The van der Waals surface area contributed by atoms with Gasteiger partial charge in [-0.2, -0.15) is 0 Å². The van der Waals surface area contributed by atoms with E-state index >= 15 is 0 Å². The summed E-state index contributed by atoms with van der Waals surface area (Å²) in [6.07, 6.45) is 3.68.